The smallest absolute Gasteiger partial charge is 0.178 e. The average Bonchev–Trinajstić information content (AvgIpc) is 1.52. The number of benzene rings is 16. The van der Waals surface area contributed by atoms with Gasteiger partial charge in [-0.15, -0.1) is 0 Å². The van der Waals surface area contributed by atoms with Gasteiger partial charge >= 0.3 is 0 Å². The maximum absolute atomic E-state index is 7.20. The lowest BCUT2D eigenvalue weighted by Gasteiger charge is -2.36. The Morgan fingerprint density at radius 1 is 0.243 bits per heavy atom. The number of hydrogen-bond acceptors (Lipinski definition) is 8. The number of nitrogens with zero attached hydrogens (tertiary/aromatic N) is 1. The molecule has 0 saturated carbocycles. The fraction of sp³-hybridized carbons (Fsp3) is 0.0196. The molecule has 0 unspecified atom stereocenters. The van der Waals surface area contributed by atoms with E-state index in [4.69, 9.17) is 27.1 Å². The molecule has 16 aromatic carbocycles. The van der Waals surface area contributed by atoms with Crippen molar-refractivity contribution >= 4 is 110 Å². The Balaban J connectivity index is 0.000000113. The van der Waals surface area contributed by atoms with E-state index in [-0.39, 0.29) is 0 Å². The van der Waals surface area contributed by atoms with Crippen LogP contribution in [0.2, 0.25) is 0 Å². The first-order valence-electron chi connectivity index (χ1n) is 37.3. The zero-order valence-electron chi connectivity index (χ0n) is 59.6. The first kappa shape index (κ1) is 64.1. The van der Waals surface area contributed by atoms with E-state index in [1.54, 1.807) is 0 Å². The van der Waals surface area contributed by atoms with Crippen LogP contribution in [0.5, 0.6) is 23.0 Å². The van der Waals surface area contributed by atoms with Gasteiger partial charge in [0, 0.05) is 71.6 Å². The van der Waals surface area contributed by atoms with Crippen molar-refractivity contribution in [1.29, 1.82) is 0 Å². The van der Waals surface area contributed by atoms with E-state index in [9.17, 15) is 0 Å². The largest absolute Gasteiger partial charge is 0.456 e. The zero-order chi connectivity index (χ0) is 73.3. The molecule has 2 aliphatic carbocycles. The lowest BCUT2D eigenvalue weighted by Crippen LogP contribution is -2.31. The van der Waals surface area contributed by atoms with Gasteiger partial charge in [0.1, 0.15) is 55.8 Å². The lowest BCUT2D eigenvalue weighted by molar-refractivity contribution is 0.389. The van der Waals surface area contributed by atoms with Crippen LogP contribution in [0.4, 0.5) is 28.4 Å². The minimum atomic E-state index is -0.673. The molecule has 2 spiro atoms. The second-order valence-electron chi connectivity index (χ2n) is 28.6. The van der Waals surface area contributed by atoms with Gasteiger partial charge in [0.15, 0.2) is 23.0 Å². The summed E-state index contributed by atoms with van der Waals surface area (Å²) in [4.78, 5) is 2.31. The standard InChI is InChI=1S/C51H31NO3.C27H15BrO2.C24H17NO/c1-2-13-32(14-3-1)33-15-12-16-34(29-33)52(35-26-28-46-41(30-35)39-19-6-10-23-45(39)53-46)36-25-27-40-48(31-36)55-50-49(40)54-47-24-11-9-22-44(47)51(50)42-20-7-4-17-37(42)38-18-5-8-21-43(38)51;28-16-13-14-19-24(15-16)30-26-25(19)29-23-12-6-5-11-22(23)27(26)20-9-3-1-7-17(20)18-8-2-4-10-21(18)27;1-2-7-17(8-3-1)18-9-6-10-19(15-18)25-20-13-14-24-22(16-20)21-11-4-5-12-23(21)26-24/h1-31H;1-15H;1-16,25H. The predicted octanol–water partition coefficient (Wildman–Crippen LogP) is 28.6. The Labute approximate surface area is 647 Å². The van der Waals surface area contributed by atoms with Gasteiger partial charge < -0.3 is 37.4 Å². The molecule has 0 amide bonds. The third-order valence-corrected chi connectivity index (χ3v) is 23.0. The van der Waals surface area contributed by atoms with E-state index in [1.165, 1.54) is 55.6 Å². The van der Waals surface area contributed by atoms with E-state index in [1.807, 2.05) is 66.7 Å². The van der Waals surface area contributed by atoms with Crippen molar-refractivity contribution < 1.29 is 27.1 Å². The van der Waals surface area contributed by atoms with Crippen LogP contribution in [-0.4, -0.2) is 0 Å². The molecule has 1 N–H and O–H groups in total. The van der Waals surface area contributed by atoms with Crippen LogP contribution in [0.1, 0.15) is 44.9 Å². The minimum Gasteiger partial charge on any atom is -0.456 e. The molecule has 9 heteroatoms. The van der Waals surface area contributed by atoms with Crippen LogP contribution in [0, 0.1) is 0 Å². The van der Waals surface area contributed by atoms with Crippen molar-refractivity contribution in [3.05, 3.63) is 425 Å². The molecule has 111 heavy (non-hydrogen) atoms. The highest BCUT2D eigenvalue weighted by molar-refractivity contribution is 9.10. The van der Waals surface area contributed by atoms with Gasteiger partial charge in [0.05, 0.1) is 10.8 Å². The average molecular weight is 1490 g/mol. The monoisotopic (exact) mass is 1490 g/mol. The van der Waals surface area contributed by atoms with Crippen LogP contribution in [-0.2, 0) is 10.8 Å². The fourth-order valence-electron chi connectivity index (χ4n) is 17.8. The second kappa shape index (κ2) is 25.5. The summed E-state index contributed by atoms with van der Waals surface area (Å²) in [6.07, 6.45) is 0. The molecule has 6 heterocycles. The Bertz CT molecular complexity index is 7040. The van der Waals surface area contributed by atoms with Crippen molar-refractivity contribution in [1.82, 2.24) is 0 Å². The molecule has 4 aliphatic rings. The normalized spacial score (nSPS) is 13.2. The number of furan rings is 4. The first-order chi connectivity index (χ1) is 54.9. The highest BCUT2D eigenvalue weighted by atomic mass is 79.9. The summed E-state index contributed by atoms with van der Waals surface area (Å²) >= 11 is 3.58. The van der Waals surface area contributed by atoms with Crippen LogP contribution >= 0.6 is 15.9 Å². The van der Waals surface area contributed by atoms with Crippen LogP contribution < -0.4 is 19.7 Å². The summed E-state index contributed by atoms with van der Waals surface area (Å²) in [7, 11) is 0. The van der Waals surface area contributed by atoms with Crippen molar-refractivity contribution in [2.45, 2.75) is 10.8 Å². The summed E-state index contributed by atoms with van der Waals surface area (Å²) in [5.41, 5.74) is 25.8. The number of nitrogens with one attached hydrogen (secondary N) is 1. The zero-order valence-corrected chi connectivity index (χ0v) is 61.2. The molecule has 0 saturated heterocycles. The minimum absolute atomic E-state index is 0.539. The van der Waals surface area contributed by atoms with Gasteiger partial charge in [-0.25, -0.2) is 0 Å². The van der Waals surface area contributed by atoms with E-state index in [0.717, 1.165) is 155 Å². The van der Waals surface area contributed by atoms with Gasteiger partial charge in [0.2, 0.25) is 0 Å². The molecule has 8 nitrogen and oxygen atoms in total. The quantitative estimate of drug-likeness (QED) is 0.169. The molecule has 24 rings (SSSR count). The summed E-state index contributed by atoms with van der Waals surface area (Å²) in [5, 5.41) is 9.87. The van der Waals surface area contributed by atoms with Crippen LogP contribution in [0.3, 0.4) is 0 Å². The Morgan fingerprint density at radius 3 is 1.20 bits per heavy atom. The maximum atomic E-state index is 7.20. The van der Waals surface area contributed by atoms with E-state index < -0.39 is 10.8 Å². The van der Waals surface area contributed by atoms with Gasteiger partial charge in [0.25, 0.3) is 0 Å². The van der Waals surface area contributed by atoms with Crippen LogP contribution in [0.15, 0.2) is 398 Å². The molecular weight excluding hydrogens is 1430 g/mol. The number of anilines is 5. The lowest BCUT2D eigenvalue weighted by atomic mass is 9.69. The van der Waals surface area contributed by atoms with Gasteiger partial charge in [-0.2, -0.15) is 0 Å². The maximum Gasteiger partial charge on any atom is 0.178 e. The number of fused-ring (bicyclic) bond motifs is 28. The van der Waals surface area contributed by atoms with Gasteiger partial charge in [-0.1, -0.05) is 271 Å². The summed E-state index contributed by atoms with van der Waals surface area (Å²) in [5.74, 6) is 4.94. The Morgan fingerprint density at radius 2 is 0.640 bits per heavy atom. The van der Waals surface area contributed by atoms with E-state index in [0.29, 0.717) is 0 Å². The number of hydrogen-bond donors (Lipinski definition) is 1. The summed E-state index contributed by atoms with van der Waals surface area (Å²) in [6.45, 7) is 0. The highest BCUT2D eigenvalue weighted by Gasteiger charge is 2.56. The molecular formula is C102H63BrN2O6. The number of rotatable bonds is 7. The van der Waals surface area contributed by atoms with E-state index >= 15 is 0 Å². The summed E-state index contributed by atoms with van der Waals surface area (Å²) < 4.78 is 40.3. The molecule has 0 radical (unpaired) electrons. The van der Waals surface area contributed by atoms with Crippen LogP contribution in [0.25, 0.3) is 110 Å². The van der Waals surface area contributed by atoms with Gasteiger partial charge in [-0.3, -0.25) is 0 Å². The molecule has 524 valence electrons. The second-order valence-corrected chi connectivity index (χ2v) is 29.5. The molecule has 0 fully saturated rings. The van der Waals surface area contributed by atoms with Crippen molar-refractivity contribution in [2.75, 3.05) is 10.2 Å². The SMILES string of the molecule is Brc1ccc2c3c(oc2c1)C1(c2ccccc2O3)c2ccccc2-c2ccccc21.c1ccc(-c2cccc(N(c3ccc4c5c(oc4c3)C3(c4ccccc4O5)c4ccccc4-c4ccccc43)c3ccc4oc5ccccc5c4c3)c2)cc1.c1ccc(-c2cccc(Nc3ccc4oc5ccccc5c4c3)c2)cc1. The van der Waals surface area contributed by atoms with E-state index in [2.05, 4.69) is 336 Å². The number of para-hydroxylation sites is 4. The third kappa shape index (κ3) is 10.1. The van der Waals surface area contributed by atoms with Crippen molar-refractivity contribution in [3.63, 3.8) is 0 Å². The number of halogens is 1. The molecule has 20 aromatic rings. The third-order valence-electron chi connectivity index (χ3n) is 22.5. The molecule has 0 bridgehead atoms. The predicted molar refractivity (Wildman–Crippen MR) is 451 cm³/mol. The number of ether oxygens (including phenoxy) is 2. The molecule has 0 atom stereocenters. The Kier molecular flexibility index (Phi) is 14.7. The van der Waals surface area contributed by atoms with Crippen molar-refractivity contribution in [3.8, 4) is 67.5 Å². The van der Waals surface area contributed by atoms with Crippen molar-refractivity contribution in [2.24, 2.45) is 0 Å². The summed E-state index contributed by atoms with van der Waals surface area (Å²) in [6, 6.07) is 131. The fourth-order valence-corrected chi connectivity index (χ4v) is 18.2. The highest BCUT2D eigenvalue weighted by Crippen LogP contribution is 2.66. The topological polar surface area (TPSA) is 86.3 Å². The molecule has 2 aliphatic heterocycles. The Hall–Kier alpha value is -14.1. The van der Waals surface area contributed by atoms with Gasteiger partial charge in [-0.05, 0) is 182 Å². The first-order valence-corrected chi connectivity index (χ1v) is 38.1. The molecule has 4 aromatic heterocycles.